The Labute approximate surface area is 230 Å². The number of nitrogens with one attached hydrogen (secondary N) is 1. The number of benzene rings is 2. The van der Waals surface area contributed by atoms with Crippen LogP contribution in [0.5, 0.6) is 0 Å². The van der Waals surface area contributed by atoms with Crippen LogP contribution in [0, 0.1) is 0 Å². The Morgan fingerprint density at radius 1 is 0.947 bits per heavy atom. The van der Waals surface area contributed by atoms with E-state index in [0.29, 0.717) is 29.8 Å². The molecular weight excluding hydrogens is 555 g/mol. The molecule has 5 rings (SSSR count). The number of piperidine rings is 2. The lowest BCUT2D eigenvalue weighted by Gasteiger charge is -2.49. The second kappa shape index (κ2) is 11.3. The highest BCUT2D eigenvalue weighted by Crippen LogP contribution is 2.33. The monoisotopic (exact) mass is 588 g/mol. The lowest BCUT2D eigenvalue weighted by atomic mass is 9.94. The van der Waals surface area contributed by atoms with Gasteiger partial charge in [0.05, 0.1) is 37.4 Å². The molecule has 0 bridgehead atoms. The van der Waals surface area contributed by atoms with E-state index in [0.717, 1.165) is 65.7 Å². The molecule has 0 unspecified atom stereocenters. The molecule has 0 spiro atoms. The van der Waals surface area contributed by atoms with Crippen LogP contribution >= 0.6 is 15.9 Å². The van der Waals surface area contributed by atoms with Crippen molar-refractivity contribution < 1.29 is 17.7 Å². The number of halogens is 4. The largest absolute Gasteiger partial charge is 0.416 e. The Morgan fingerprint density at radius 2 is 1.61 bits per heavy atom. The number of rotatable bonds is 6. The molecule has 0 atom stereocenters. The third-order valence-corrected chi connectivity index (χ3v) is 8.78. The first-order valence-corrected chi connectivity index (χ1v) is 14.1. The van der Waals surface area contributed by atoms with E-state index in [9.17, 15) is 13.2 Å². The van der Waals surface area contributed by atoms with Crippen LogP contribution in [-0.2, 0) is 12.7 Å². The molecule has 0 aliphatic carbocycles. The summed E-state index contributed by atoms with van der Waals surface area (Å²) in [7, 11) is 2.41. The molecule has 0 saturated carbocycles. The molecule has 0 radical (unpaired) electrons. The highest BCUT2D eigenvalue weighted by Gasteiger charge is 2.39. The highest BCUT2D eigenvalue weighted by molar-refractivity contribution is 9.10. The molecule has 2 aliphatic rings. The first-order valence-electron chi connectivity index (χ1n) is 13.3. The van der Waals surface area contributed by atoms with Crippen molar-refractivity contribution in [2.24, 2.45) is 0 Å². The average molecular weight is 590 g/mol. The van der Waals surface area contributed by atoms with Gasteiger partial charge < -0.3 is 14.7 Å². The van der Waals surface area contributed by atoms with E-state index in [1.165, 1.54) is 25.0 Å². The topological polar surface area (TPSA) is 41.0 Å². The predicted octanol–water partition coefficient (Wildman–Crippen LogP) is 6.29. The average Bonchev–Trinajstić information content (AvgIpc) is 2.93. The molecule has 3 heterocycles. The van der Waals surface area contributed by atoms with E-state index < -0.39 is 11.7 Å². The van der Waals surface area contributed by atoms with Crippen molar-refractivity contribution in [3.8, 4) is 11.3 Å². The summed E-state index contributed by atoms with van der Waals surface area (Å²) < 4.78 is 41.3. The summed E-state index contributed by atoms with van der Waals surface area (Å²) in [5, 5.41) is 3.49. The normalized spacial score (nSPS) is 22.8. The van der Waals surface area contributed by atoms with Gasteiger partial charge in [0, 0.05) is 67.6 Å². The van der Waals surface area contributed by atoms with E-state index in [1.54, 1.807) is 12.3 Å². The lowest BCUT2D eigenvalue weighted by molar-refractivity contribution is -0.938. The van der Waals surface area contributed by atoms with Crippen LogP contribution in [-0.4, -0.2) is 59.8 Å². The fraction of sp³-hybridized carbons (Fsp3) is 0.448. The third-order valence-electron chi connectivity index (χ3n) is 8.25. The Morgan fingerprint density at radius 3 is 2.24 bits per heavy atom. The van der Waals surface area contributed by atoms with Crippen LogP contribution in [0.25, 0.3) is 11.3 Å². The number of hydrogen-bond acceptors (Lipinski definition) is 4. The fourth-order valence-electron chi connectivity index (χ4n) is 5.88. The Bertz CT molecular complexity index is 1200. The second-order valence-corrected chi connectivity index (χ2v) is 11.6. The molecule has 1 aromatic heterocycles. The van der Waals surface area contributed by atoms with E-state index in [1.807, 2.05) is 12.1 Å². The summed E-state index contributed by atoms with van der Waals surface area (Å²) in [5.41, 5.74) is 1.77. The Hall–Kier alpha value is -2.49. The summed E-state index contributed by atoms with van der Waals surface area (Å²) in [6, 6.07) is 16.2. The van der Waals surface area contributed by atoms with Gasteiger partial charge in [0.1, 0.15) is 0 Å². The number of alkyl halides is 3. The second-order valence-electron chi connectivity index (χ2n) is 10.7. The van der Waals surface area contributed by atoms with Crippen molar-refractivity contribution in [3.05, 3.63) is 76.4 Å². The lowest BCUT2D eigenvalue weighted by Crippen LogP contribution is -2.61. The van der Waals surface area contributed by atoms with Crippen LogP contribution in [0.4, 0.5) is 19.1 Å². The van der Waals surface area contributed by atoms with Gasteiger partial charge in [0.15, 0.2) is 0 Å². The van der Waals surface area contributed by atoms with Gasteiger partial charge in [-0.3, -0.25) is 0 Å². The van der Waals surface area contributed by atoms with Gasteiger partial charge >= 0.3 is 6.18 Å². The van der Waals surface area contributed by atoms with E-state index >= 15 is 0 Å². The van der Waals surface area contributed by atoms with Gasteiger partial charge in [-0.1, -0.05) is 40.2 Å². The summed E-state index contributed by atoms with van der Waals surface area (Å²) in [6.07, 6.45) is 1.89. The summed E-state index contributed by atoms with van der Waals surface area (Å²) >= 11 is 3.52. The number of anilines is 1. The van der Waals surface area contributed by atoms with Crippen molar-refractivity contribution in [3.63, 3.8) is 0 Å². The van der Waals surface area contributed by atoms with Crippen molar-refractivity contribution in [1.29, 1.82) is 0 Å². The molecular formula is C29H34BrF3N5+. The molecule has 3 aromatic rings. The van der Waals surface area contributed by atoms with Gasteiger partial charge in [-0.05, 0) is 35.9 Å². The highest BCUT2D eigenvalue weighted by atomic mass is 79.9. The first-order chi connectivity index (χ1) is 18.2. The van der Waals surface area contributed by atoms with Crippen LogP contribution in [0.2, 0.25) is 0 Å². The van der Waals surface area contributed by atoms with Crippen molar-refractivity contribution in [1.82, 2.24) is 15.3 Å². The SMILES string of the molecule is C[N+]1(C2CCNCC2)CCC(N(Cc2ccc(Br)cc2)c2nccc(-c3ccc(C(F)(F)F)cc3)n2)CC1. The Kier molecular flexibility index (Phi) is 8.07. The van der Waals surface area contributed by atoms with Crippen LogP contribution in [0.15, 0.2) is 65.3 Å². The minimum absolute atomic E-state index is 0.286. The molecule has 2 aromatic carbocycles. The van der Waals surface area contributed by atoms with Crippen LogP contribution in [0.3, 0.4) is 0 Å². The van der Waals surface area contributed by atoms with Gasteiger partial charge in [-0.25, -0.2) is 9.97 Å². The van der Waals surface area contributed by atoms with E-state index in [2.05, 4.69) is 50.3 Å². The van der Waals surface area contributed by atoms with Crippen molar-refractivity contribution in [2.75, 3.05) is 38.1 Å². The van der Waals surface area contributed by atoms with E-state index in [4.69, 9.17) is 4.98 Å². The van der Waals surface area contributed by atoms with Gasteiger partial charge in [0.2, 0.25) is 5.95 Å². The van der Waals surface area contributed by atoms with Gasteiger partial charge in [-0.2, -0.15) is 13.2 Å². The number of aromatic nitrogens is 2. The molecule has 2 aliphatic heterocycles. The molecule has 202 valence electrons. The smallest absolute Gasteiger partial charge is 0.333 e. The number of nitrogens with zero attached hydrogens (tertiary/aromatic N) is 4. The molecule has 2 saturated heterocycles. The van der Waals surface area contributed by atoms with Crippen molar-refractivity contribution in [2.45, 2.75) is 50.5 Å². The molecule has 1 N–H and O–H groups in total. The van der Waals surface area contributed by atoms with Crippen LogP contribution in [0.1, 0.15) is 36.8 Å². The fourth-order valence-corrected chi connectivity index (χ4v) is 6.14. The predicted molar refractivity (Wildman–Crippen MR) is 148 cm³/mol. The summed E-state index contributed by atoms with van der Waals surface area (Å²) in [5.74, 6) is 0.619. The van der Waals surface area contributed by atoms with Crippen LogP contribution < -0.4 is 10.2 Å². The molecule has 2 fully saturated rings. The maximum atomic E-state index is 13.1. The minimum Gasteiger partial charge on any atom is -0.333 e. The maximum absolute atomic E-state index is 13.1. The molecule has 9 heteroatoms. The molecule has 5 nitrogen and oxygen atoms in total. The van der Waals surface area contributed by atoms with Crippen molar-refractivity contribution >= 4 is 21.9 Å². The molecule has 0 amide bonds. The summed E-state index contributed by atoms with van der Waals surface area (Å²) in [6.45, 7) is 5.10. The Balaban J connectivity index is 1.40. The standard InChI is InChI=1S/C29H34BrF3N5/c1-38(26-10-15-34-16-11-26)18-13-25(14-19-38)37(20-21-2-8-24(30)9-3-21)28-35-17-12-27(36-28)22-4-6-23(7-5-22)29(31,32)33/h2-9,12,17,25-26,34H,10-11,13-16,18-20H2,1H3/q+1. The van der Waals surface area contributed by atoms with E-state index in [-0.39, 0.29) is 6.04 Å². The minimum atomic E-state index is -4.36. The third kappa shape index (κ3) is 6.21. The summed E-state index contributed by atoms with van der Waals surface area (Å²) in [4.78, 5) is 11.8. The number of quaternary nitrogens is 1. The zero-order chi connectivity index (χ0) is 26.8. The zero-order valence-electron chi connectivity index (χ0n) is 21.6. The molecule has 38 heavy (non-hydrogen) atoms. The quantitative estimate of drug-likeness (QED) is 0.343. The number of likely N-dealkylation sites (tertiary alicyclic amines) is 1. The zero-order valence-corrected chi connectivity index (χ0v) is 23.2. The van der Waals surface area contributed by atoms with Gasteiger partial charge in [-0.15, -0.1) is 0 Å². The number of hydrogen-bond donors (Lipinski definition) is 1. The van der Waals surface area contributed by atoms with Gasteiger partial charge in [0.25, 0.3) is 0 Å². The maximum Gasteiger partial charge on any atom is 0.416 e. The first kappa shape index (κ1) is 27.1.